The minimum Gasteiger partial charge on any atom is -0.870 e. The summed E-state index contributed by atoms with van der Waals surface area (Å²) in [5.74, 6) is 0. The molecule has 0 aliphatic carbocycles. The highest BCUT2D eigenvalue weighted by Gasteiger charge is 2.38. The van der Waals surface area contributed by atoms with Gasteiger partial charge in [-0.3, -0.25) is 0 Å². The lowest BCUT2D eigenvalue weighted by Crippen LogP contribution is -2.49. The molecule has 0 aliphatic rings. The van der Waals surface area contributed by atoms with Crippen molar-refractivity contribution in [3.05, 3.63) is 0 Å². The number of rotatable bonds is 12. The van der Waals surface area contributed by atoms with Crippen LogP contribution in [0.15, 0.2) is 0 Å². The Labute approximate surface area is 104 Å². The molecule has 0 amide bonds. The van der Waals surface area contributed by atoms with E-state index in [0.29, 0.717) is 0 Å². The summed E-state index contributed by atoms with van der Waals surface area (Å²) in [4.78, 5) is 19.9. The number of hydrogen-bond acceptors (Lipinski definition) is 9. The summed E-state index contributed by atoms with van der Waals surface area (Å²) >= 11 is 0. The molecule has 0 aromatic carbocycles. The molecule has 10 nitrogen and oxygen atoms in total. The molecule has 0 atom stereocenters. The molecule has 0 spiro atoms. The van der Waals surface area contributed by atoms with Crippen molar-refractivity contribution in [2.75, 3.05) is 52.9 Å². The van der Waals surface area contributed by atoms with Crippen LogP contribution in [-0.4, -0.2) is 83.9 Å². The fourth-order valence-electron chi connectivity index (χ4n) is 0.834. The van der Waals surface area contributed by atoms with E-state index in [1.165, 1.54) is 0 Å². The molecular formula is C8H21NO9. The molecule has 18 heavy (non-hydrogen) atoms. The molecule has 0 saturated heterocycles. The molecule has 0 radical (unpaired) electrons. The lowest BCUT2D eigenvalue weighted by atomic mass is 10.8. The van der Waals surface area contributed by atoms with Gasteiger partial charge in [0.05, 0.1) is 26.4 Å². The number of hydrogen-bond donors (Lipinski definition) is 4. The van der Waals surface area contributed by atoms with Crippen molar-refractivity contribution >= 4 is 0 Å². The Morgan fingerprint density at radius 1 is 0.556 bits per heavy atom. The van der Waals surface area contributed by atoms with Crippen molar-refractivity contribution in [2.24, 2.45) is 0 Å². The zero-order valence-corrected chi connectivity index (χ0v) is 9.97. The second kappa shape index (κ2) is 13.0. The highest BCUT2D eigenvalue weighted by molar-refractivity contribution is 4.16. The third-order valence-corrected chi connectivity index (χ3v) is 1.36. The molecule has 112 valence electrons. The van der Waals surface area contributed by atoms with Crippen LogP contribution in [0.1, 0.15) is 0 Å². The van der Waals surface area contributed by atoms with Gasteiger partial charge in [-0.1, -0.05) is 19.4 Å². The molecule has 0 saturated carbocycles. The van der Waals surface area contributed by atoms with E-state index in [4.69, 9.17) is 39.8 Å². The van der Waals surface area contributed by atoms with E-state index < -0.39 is 5.14 Å². The first-order valence-electron chi connectivity index (χ1n) is 5.15. The zero-order valence-electron chi connectivity index (χ0n) is 9.97. The summed E-state index contributed by atoms with van der Waals surface area (Å²) < 4.78 is 0. The third-order valence-electron chi connectivity index (χ3n) is 1.36. The molecule has 0 unspecified atom stereocenters. The van der Waals surface area contributed by atoms with Crippen molar-refractivity contribution in [1.82, 2.24) is 0 Å². The van der Waals surface area contributed by atoms with Gasteiger partial charge in [0, 0.05) is 0 Å². The second-order valence-corrected chi connectivity index (χ2v) is 2.67. The van der Waals surface area contributed by atoms with Gasteiger partial charge >= 0.3 is 0 Å². The predicted molar refractivity (Wildman–Crippen MR) is 54.3 cm³/mol. The number of quaternary nitrogens is 1. The van der Waals surface area contributed by atoms with E-state index in [9.17, 15) is 0 Å². The molecule has 0 aromatic rings. The van der Waals surface area contributed by atoms with Crippen molar-refractivity contribution in [3.8, 4) is 0 Å². The van der Waals surface area contributed by atoms with Crippen LogP contribution in [0.3, 0.4) is 0 Å². The summed E-state index contributed by atoms with van der Waals surface area (Å²) in [5, 5.41) is 33.4. The van der Waals surface area contributed by atoms with Gasteiger partial charge in [-0.25, -0.2) is 0 Å². The third kappa shape index (κ3) is 8.66. The number of aliphatic hydroxyl groups is 4. The molecule has 0 aliphatic heterocycles. The lowest BCUT2D eigenvalue weighted by molar-refractivity contribution is -1.47. The maximum atomic E-state index is 8.66. The smallest absolute Gasteiger partial charge is 0.247 e. The maximum absolute atomic E-state index is 8.66. The lowest BCUT2D eigenvalue weighted by Gasteiger charge is -2.24. The second-order valence-electron chi connectivity index (χ2n) is 2.67. The molecule has 0 fully saturated rings. The average molecular weight is 275 g/mol. The van der Waals surface area contributed by atoms with Crippen LogP contribution in [-0.2, 0) is 19.4 Å². The van der Waals surface area contributed by atoms with Crippen LogP contribution in [0, 0.1) is 0 Å². The summed E-state index contributed by atoms with van der Waals surface area (Å²) in [5.41, 5.74) is 0. The van der Waals surface area contributed by atoms with Crippen LogP contribution in [0.25, 0.3) is 0 Å². The molecule has 0 bridgehead atoms. The van der Waals surface area contributed by atoms with Gasteiger partial charge in [-0.05, 0) is 0 Å². The largest absolute Gasteiger partial charge is 0.870 e. The predicted octanol–water partition coefficient (Wildman–Crippen LogP) is -2.68. The van der Waals surface area contributed by atoms with Crippen molar-refractivity contribution in [2.45, 2.75) is 0 Å². The summed E-state index contributed by atoms with van der Waals surface area (Å²) in [7, 11) is 0. The van der Waals surface area contributed by atoms with Crippen LogP contribution < -0.4 is 0 Å². The Bertz CT molecular complexity index is 133. The van der Waals surface area contributed by atoms with E-state index in [0.717, 1.165) is 0 Å². The van der Waals surface area contributed by atoms with Crippen LogP contribution in [0.2, 0.25) is 0 Å². The van der Waals surface area contributed by atoms with Crippen LogP contribution >= 0.6 is 0 Å². The first-order chi connectivity index (χ1) is 8.24. The molecule has 10 heteroatoms. The Morgan fingerprint density at radius 3 is 0.944 bits per heavy atom. The zero-order chi connectivity index (χ0) is 13.0. The van der Waals surface area contributed by atoms with Crippen LogP contribution in [0.4, 0.5) is 0 Å². The normalized spacial score (nSPS) is 11.3. The fraction of sp³-hybridized carbons (Fsp3) is 1.00. The van der Waals surface area contributed by atoms with Gasteiger partial charge in [0.15, 0.2) is 0 Å². The molecule has 0 rings (SSSR count). The quantitative estimate of drug-likeness (QED) is 0.221. The number of nitrogens with zero attached hydrogens (tertiary/aromatic N) is 1. The van der Waals surface area contributed by atoms with E-state index in [-0.39, 0.29) is 58.3 Å². The monoisotopic (exact) mass is 275 g/mol. The Morgan fingerprint density at radius 2 is 0.778 bits per heavy atom. The average Bonchev–Trinajstić information content (AvgIpc) is 2.37. The molecule has 0 aromatic heterocycles. The van der Waals surface area contributed by atoms with Gasteiger partial charge in [0.25, 0.3) is 0 Å². The van der Waals surface area contributed by atoms with Crippen molar-refractivity contribution in [1.29, 1.82) is 0 Å². The van der Waals surface area contributed by atoms with Gasteiger partial charge < -0.3 is 25.9 Å². The SMILES string of the molecule is OCCO[N+](OCCO)(OCCO)OCCO.[OH-]. The summed E-state index contributed by atoms with van der Waals surface area (Å²) in [6, 6.07) is 0. The number of aliphatic hydroxyl groups excluding tert-OH is 4. The van der Waals surface area contributed by atoms with Crippen molar-refractivity contribution < 1.29 is 50.4 Å². The first-order valence-corrected chi connectivity index (χ1v) is 5.15. The van der Waals surface area contributed by atoms with Gasteiger partial charge in [-0.15, -0.1) is 0 Å². The van der Waals surface area contributed by atoms with Gasteiger partial charge in [0.2, 0.25) is 5.14 Å². The maximum Gasteiger partial charge on any atom is 0.247 e. The van der Waals surface area contributed by atoms with Crippen molar-refractivity contribution in [3.63, 3.8) is 0 Å². The standard InChI is InChI=1S/C8H20NO8.H2O/c10-1-5-14-9(15-6-2-11,16-7-3-12)17-8-4-13;/h10-13H,1-8H2;1H2/q+1;/p-1. The highest BCUT2D eigenvalue weighted by Crippen LogP contribution is 2.12. The molecular weight excluding hydrogens is 254 g/mol. The van der Waals surface area contributed by atoms with E-state index in [1.807, 2.05) is 0 Å². The molecule has 5 N–H and O–H groups in total. The van der Waals surface area contributed by atoms with E-state index in [2.05, 4.69) is 0 Å². The molecule has 0 heterocycles. The first kappa shape index (κ1) is 19.9. The highest BCUT2D eigenvalue weighted by atomic mass is 17.4. The summed E-state index contributed by atoms with van der Waals surface area (Å²) in [6.07, 6.45) is 0. The minimum absolute atomic E-state index is 0. The van der Waals surface area contributed by atoms with Gasteiger partial charge in [-0.2, -0.15) is 0 Å². The van der Waals surface area contributed by atoms with E-state index >= 15 is 0 Å². The summed E-state index contributed by atoms with van der Waals surface area (Å²) in [6.45, 7) is -1.79. The van der Waals surface area contributed by atoms with Crippen LogP contribution in [0.5, 0.6) is 0 Å². The Kier molecular flexibility index (Phi) is 14.4. The Balaban J connectivity index is 0. The Hall–Kier alpha value is -0.400. The van der Waals surface area contributed by atoms with E-state index in [1.54, 1.807) is 0 Å². The minimum atomic E-state index is -1.22. The topological polar surface area (TPSA) is 148 Å². The van der Waals surface area contributed by atoms with Gasteiger partial charge in [0.1, 0.15) is 26.4 Å². The fourth-order valence-corrected chi connectivity index (χ4v) is 0.834.